The maximum absolute atomic E-state index is 12.9. The van der Waals surface area contributed by atoms with Crippen molar-refractivity contribution in [3.63, 3.8) is 0 Å². The van der Waals surface area contributed by atoms with Crippen LogP contribution in [0.15, 0.2) is 60.4 Å². The molecule has 0 aliphatic heterocycles. The molecule has 6 nitrogen and oxygen atoms in total. The molecular formula is C20H20FNO5. The van der Waals surface area contributed by atoms with Crippen LogP contribution in [-0.2, 0) is 27.5 Å². The number of nitrogens with zero attached hydrogens (tertiary/aromatic N) is 1. The summed E-state index contributed by atoms with van der Waals surface area (Å²) in [5, 5.41) is 9.41. The van der Waals surface area contributed by atoms with Crippen LogP contribution >= 0.6 is 0 Å². The Labute approximate surface area is 156 Å². The molecule has 2 rings (SSSR count). The van der Waals surface area contributed by atoms with Crippen LogP contribution < -0.4 is 4.74 Å². The van der Waals surface area contributed by atoms with Gasteiger partial charge in [0.25, 0.3) is 5.91 Å². The Hall–Kier alpha value is -3.35. The van der Waals surface area contributed by atoms with E-state index < -0.39 is 17.6 Å². The smallest absolute Gasteiger partial charge is 0.373 e. The van der Waals surface area contributed by atoms with Crippen LogP contribution in [0.25, 0.3) is 0 Å². The summed E-state index contributed by atoms with van der Waals surface area (Å²) in [7, 11) is 2.66. The summed E-state index contributed by atoms with van der Waals surface area (Å²) in [5.74, 6) is -1.91. The zero-order valence-electron chi connectivity index (χ0n) is 15.0. The predicted octanol–water partition coefficient (Wildman–Crippen LogP) is 2.98. The molecule has 0 aromatic heterocycles. The van der Waals surface area contributed by atoms with Crippen LogP contribution in [0, 0.1) is 5.82 Å². The van der Waals surface area contributed by atoms with Crippen LogP contribution in [0.5, 0.6) is 5.75 Å². The number of likely N-dealkylation sites (N-methyl/N-ethyl adjacent to an activating group) is 1. The van der Waals surface area contributed by atoms with Crippen LogP contribution in [0.4, 0.5) is 4.39 Å². The van der Waals surface area contributed by atoms with Gasteiger partial charge in [-0.1, -0.05) is 24.3 Å². The second kappa shape index (κ2) is 9.38. The van der Waals surface area contributed by atoms with E-state index >= 15 is 0 Å². The van der Waals surface area contributed by atoms with Crippen molar-refractivity contribution in [1.29, 1.82) is 0 Å². The maximum Gasteiger partial charge on any atom is 0.373 e. The first-order valence-electron chi connectivity index (χ1n) is 8.09. The molecule has 0 radical (unpaired) electrons. The lowest BCUT2D eigenvalue weighted by molar-refractivity contribution is -0.139. The normalized spacial score (nSPS) is 11.0. The van der Waals surface area contributed by atoms with Crippen molar-refractivity contribution in [1.82, 2.24) is 4.90 Å². The second-order valence-corrected chi connectivity index (χ2v) is 5.77. The molecule has 0 fully saturated rings. The molecule has 0 aliphatic carbocycles. The number of ether oxygens (including phenoxy) is 2. The molecule has 0 atom stereocenters. The molecule has 0 spiro atoms. The topological polar surface area (TPSA) is 76.1 Å². The first kappa shape index (κ1) is 20.0. The lowest BCUT2D eigenvalue weighted by atomic mass is 10.2. The highest BCUT2D eigenvalue weighted by atomic mass is 19.1. The SMILES string of the molecule is COC(=O)C(O)=CC(=O)N(C)Cc1ccc(OCc2ccc(F)cc2)cc1. The van der Waals surface area contributed by atoms with Gasteiger partial charge >= 0.3 is 5.97 Å². The maximum atomic E-state index is 12.9. The fraction of sp³-hybridized carbons (Fsp3) is 0.200. The number of carbonyl (C=O) groups excluding carboxylic acids is 2. The number of carbonyl (C=O) groups is 2. The van der Waals surface area contributed by atoms with E-state index in [9.17, 15) is 19.1 Å². The Morgan fingerprint density at radius 1 is 1.07 bits per heavy atom. The molecule has 0 saturated heterocycles. The summed E-state index contributed by atoms with van der Waals surface area (Å²) in [6, 6.07) is 13.2. The summed E-state index contributed by atoms with van der Waals surface area (Å²) in [5.41, 5.74) is 1.69. The number of rotatable bonds is 7. The van der Waals surface area contributed by atoms with Gasteiger partial charge in [0.1, 0.15) is 18.2 Å². The van der Waals surface area contributed by atoms with Crippen LogP contribution in [-0.4, -0.2) is 36.0 Å². The summed E-state index contributed by atoms with van der Waals surface area (Å²) in [6.45, 7) is 0.595. The first-order chi connectivity index (χ1) is 12.9. The van der Waals surface area contributed by atoms with Crippen molar-refractivity contribution in [2.45, 2.75) is 13.2 Å². The van der Waals surface area contributed by atoms with E-state index in [1.54, 1.807) is 43.4 Å². The predicted molar refractivity (Wildman–Crippen MR) is 96.4 cm³/mol. The zero-order valence-corrected chi connectivity index (χ0v) is 15.0. The number of aliphatic hydroxyl groups excluding tert-OH is 1. The van der Waals surface area contributed by atoms with E-state index in [0.717, 1.165) is 24.3 Å². The van der Waals surface area contributed by atoms with E-state index in [-0.39, 0.29) is 12.4 Å². The standard InChI is InChI=1S/C20H20FNO5/c1-22(19(24)11-18(23)20(25)26-2)12-14-5-9-17(10-6-14)27-13-15-3-7-16(21)8-4-15/h3-11,23H,12-13H2,1-2H3. The molecule has 0 unspecified atom stereocenters. The summed E-state index contributed by atoms with van der Waals surface area (Å²) < 4.78 is 22.8. The molecule has 1 amide bonds. The van der Waals surface area contributed by atoms with Crippen LogP contribution in [0.3, 0.4) is 0 Å². The highest BCUT2D eigenvalue weighted by molar-refractivity contribution is 5.96. The molecule has 2 aromatic rings. The Bertz CT molecular complexity index is 815. The number of hydrogen-bond acceptors (Lipinski definition) is 5. The molecule has 2 aromatic carbocycles. The number of esters is 1. The van der Waals surface area contributed by atoms with Crippen molar-refractivity contribution < 1.29 is 28.6 Å². The van der Waals surface area contributed by atoms with Gasteiger partial charge in [-0.3, -0.25) is 4.79 Å². The van der Waals surface area contributed by atoms with E-state index in [4.69, 9.17) is 4.74 Å². The van der Waals surface area contributed by atoms with Gasteiger partial charge in [0, 0.05) is 13.6 Å². The molecule has 142 valence electrons. The third-order valence-corrected chi connectivity index (χ3v) is 3.69. The minimum atomic E-state index is -0.973. The minimum absolute atomic E-state index is 0.280. The highest BCUT2D eigenvalue weighted by Crippen LogP contribution is 2.15. The second-order valence-electron chi connectivity index (χ2n) is 5.77. The average molecular weight is 373 g/mol. The molecule has 0 saturated carbocycles. The number of halogens is 1. The van der Waals surface area contributed by atoms with E-state index in [2.05, 4.69) is 4.74 Å². The first-order valence-corrected chi connectivity index (χ1v) is 8.09. The van der Waals surface area contributed by atoms with Crippen molar-refractivity contribution in [2.75, 3.05) is 14.2 Å². The molecule has 27 heavy (non-hydrogen) atoms. The van der Waals surface area contributed by atoms with Crippen LogP contribution in [0.2, 0.25) is 0 Å². The zero-order chi connectivity index (χ0) is 19.8. The molecule has 1 N–H and O–H groups in total. The van der Waals surface area contributed by atoms with Gasteiger partial charge in [0.15, 0.2) is 0 Å². The minimum Gasteiger partial charge on any atom is -0.502 e. The van der Waals surface area contributed by atoms with Gasteiger partial charge in [-0.15, -0.1) is 0 Å². The Kier molecular flexibility index (Phi) is 6.93. The quantitative estimate of drug-likeness (QED) is 0.459. The number of benzene rings is 2. The van der Waals surface area contributed by atoms with Gasteiger partial charge in [0.05, 0.1) is 13.2 Å². The van der Waals surface area contributed by atoms with Gasteiger partial charge in [-0.25, -0.2) is 9.18 Å². The van der Waals surface area contributed by atoms with Crippen molar-refractivity contribution >= 4 is 11.9 Å². The highest BCUT2D eigenvalue weighted by Gasteiger charge is 2.13. The lowest BCUT2D eigenvalue weighted by Crippen LogP contribution is -2.25. The number of amides is 1. The monoisotopic (exact) mass is 373 g/mol. The largest absolute Gasteiger partial charge is 0.502 e. The Balaban J connectivity index is 1.89. The van der Waals surface area contributed by atoms with Gasteiger partial charge in [0.2, 0.25) is 5.76 Å². The molecular weight excluding hydrogens is 353 g/mol. The number of methoxy groups -OCH3 is 1. The third-order valence-electron chi connectivity index (χ3n) is 3.69. The summed E-state index contributed by atoms with van der Waals surface area (Å²) in [6.07, 6.45) is 0.812. The van der Waals surface area contributed by atoms with Crippen molar-refractivity contribution in [2.24, 2.45) is 0 Å². The third kappa shape index (κ3) is 6.14. The molecule has 7 heteroatoms. The molecule has 0 bridgehead atoms. The molecule has 0 heterocycles. The Morgan fingerprint density at radius 2 is 1.67 bits per heavy atom. The van der Waals surface area contributed by atoms with Crippen LogP contribution in [0.1, 0.15) is 11.1 Å². The van der Waals surface area contributed by atoms with Crippen molar-refractivity contribution in [3.05, 3.63) is 77.3 Å². The summed E-state index contributed by atoms with van der Waals surface area (Å²) in [4.78, 5) is 24.4. The Morgan fingerprint density at radius 3 is 2.26 bits per heavy atom. The van der Waals surface area contributed by atoms with E-state index in [1.807, 2.05) is 0 Å². The fourth-order valence-electron chi connectivity index (χ4n) is 2.18. The summed E-state index contributed by atoms with van der Waals surface area (Å²) >= 11 is 0. The fourth-order valence-corrected chi connectivity index (χ4v) is 2.18. The van der Waals surface area contributed by atoms with E-state index in [0.29, 0.717) is 12.4 Å². The van der Waals surface area contributed by atoms with Gasteiger partial charge in [-0.2, -0.15) is 0 Å². The average Bonchev–Trinajstić information content (AvgIpc) is 2.67. The number of hydrogen-bond donors (Lipinski definition) is 1. The van der Waals surface area contributed by atoms with Gasteiger partial charge in [-0.05, 0) is 35.4 Å². The van der Waals surface area contributed by atoms with Crippen molar-refractivity contribution in [3.8, 4) is 5.75 Å². The van der Waals surface area contributed by atoms with E-state index in [1.165, 1.54) is 17.0 Å². The molecule has 0 aliphatic rings. The van der Waals surface area contributed by atoms with Gasteiger partial charge < -0.3 is 19.5 Å². The lowest BCUT2D eigenvalue weighted by Gasteiger charge is -2.15. The number of aliphatic hydroxyl groups is 1.